The molecule has 0 aromatic carbocycles. The van der Waals surface area contributed by atoms with Gasteiger partial charge in [-0.3, -0.25) is 0 Å². The van der Waals surface area contributed by atoms with Crippen molar-refractivity contribution in [2.24, 2.45) is 0 Å². The van der Waals surface area contributed by atoms with Crippen LogP contribution in [0, 0.1) is 0 Å². The topological polar surface area (TPSA) is 6.48 Å². The fraction of sp³-hybridized carbons (Fsp3) is 0.833. The van der Waals surface area contributed by atoms with Gasteiger partial charge in [0.25, 0.3) is 0 Å². The van der Waals surface area contributed by atoms with E-state index in [1.807, 2.05) is 0 Å². The van der Waals surface area contributed by atoms with Gasteiger partial charge in [-0.1, -0.05) is 19.8 Å². The van der Waals surface area contributed by atoms with E-state index < -0.39 is 0 Å². The molecule has 1 saturated carbocycles. The van der Waals surface area contributed by atoms with Gasteiger partial charge in [0.05, 0.1) is 0 Å². The lowest BCUT2D eigenvalue weighted by molar-refractivity contribution is -0.00309. The van der Waals surface area contributed by atoms with Gasteiger partial charge in [-0.15, -0.1) is 0 Å². The molecule has 0 saturated heterocycles. The number of hydrogen-bond donors (Lipinski definition) is 0. The molecule has 1 heterocycles. The molecule has 2 rings (SSSR count). The molecule has 0 spiro atoms. The van der Waals surface area contributed by atoms with Crippen LogP contribution in [0.4, 0.5) is 0 Å². The number of rotatable bonds is 2. The van der Waals surface area contributed by atoms with Gasteiger partial charge < -0.3 is 5.01 Å². The van der Waals surface area contributed by atoms with Crippen LogP contribution >= 0.6 is 0 Å². The second-order valence-corrected chi connectivity index (χ2v) is 4.64. The Hall–Kier alpha value is -0.500. The van der Waals surface area contributed by atoms with Gasteiger partial charge in [0.15, 0.2) is 0 Å². The second kappa shape index (κ2) is 3.93. The predicted octanol–water partition coefficient (Wildman–Crippen LogP) is 2.77. The number of likely N-dealkylation sites (N-methyl/N-ethyl adjacent to an activating group) is 1. The lowest BCUT2D eigenvalue weighted by Gasteiger charge is -2.36. The molecule has 1 aliphatic heterocycles. The van der Waals surface area contributed by atoms with Gasteiger partial charge in [0, 0.05) is 24.8 Å². The molecule has 0 aromatic heterocycles. The number of hydrogen-bond acceptors (Lipinski definition) is 2. The van der Waals surface area contributed by atoms with Gasteiger partial charge in [-0.25, -0.2) is 5.01 Å². The lowest BCUT2D eigenvalue weighted by Crippen LogP contribution is -2.43. The van der Waals surface area contributed by atoms with E-state index >= 15 is 0 Å². The van der Waals surface area contributed by atoms with Crippen molar-refractivity contribution < 1.29 is 0 Å². The SMILES string of the molecule is CCC1C=C(C)N(C2CCCC2)N1C. The highest BCUT2D eigenvalue weighted by Crippen LogP contribution is 2.32. The Bertz CT molecular complexity index is 228. The molecule has 0 radical (unpaired) electrons. The molecule has 1 unspecified atom stereocenters. The van der Waals surface area contributed by atoms with Crippen LogP contribution in [0.1, 0.15) is 46.0 Å². The average Bonchev–Trinajstić information content (AvgIpc) is 2.74. The smallest absolute Gasteiger partial charge is 0.0487 e. The van der Waals surface area contributed by atoms with E-state index in [1.54, 1.807) is 0 Å². The van der Waals surface area contributed by atoms with Crippen molar-refractivity contribution in [1.82, 2.24) is 10.0 Å². The Balaban J connectivity index is 2.08. The van der Waals surface area contributed by atoms with Gasteiger partial charge in [0.1, 0.15) is 0 Å². The highest BCUT2D eigenvalue weighted by Gasteiger charge is 2.32. The molecule has 2 nitrogen and oxygen atoms in total. The van der Waals surface area contributed by atoms with Gasteiger partial charge in [0.2, 0.25) is 0 Å². The molecule has 1 aliphatic carbocycles. The standard InChI is InChI=1S/C12H22N2/c1-4-11-9-10(2)14(13(11)3)12-7-5-6-8-12/h9,11-12H,4-8H2,1-3H3. The summed E-state index contributed by atoms with van der Waals surface area (Å²) in [5.74, 6) is 0. The molecular weight excluding hydrogens is 172 g/mol. The maximum Gasteiger partial charge on any atom is 0.0487 e. The summed E-state index contributed by atoms with van der Waals surface area (Å²) in [5.41, 5.74) is 1.46. The molecule has 80 valence electrons. The van der Waals surface area contributed by atoms with Crippen LogP contribution in [0.3, 0.4) is 0 Å². The van der Waals surface area contributed by atoms with Crippen molar-refractivity contribution in [1.29, 1.82) is 0 Å². The first-order valence-electron chi connectivity index (χ1n) is 5.94. The van der Waals surface area contributed by atoms with Crippen LogP contribution < -0.4 is 0 Å². The summed E-state index contributed by atoms with van der Waals surface area (Å²) < 4.78 is 0. The Morgan fingerprint density at radius 3 is 2.50 bits per heavy atom. The fourth-order valence-electron chi connectivity index (χ4n) is 2.95. The number of hydrazine groups is 1. The summed E-state index contributed by atoms with van der Waals surface area (Å²) in [7, 11) is 2.24. The number of nitrogens with zero attached hydrogens (tertiary/aromatic N) is 2. The van der Waals surface area contributed by atoms with E-state index in [0.29, 0.717) is 6.04 Å². The maximum absolute atomic E-state index is 2.53. The molecule has 14 heavy (non-hydrogen) atoms. The van der Waals surface area contributed by atoms with E-state index in [2.05, 4.69) is 37.0 Å². The third-order valence-electron chi connectivity index (χ3n) is 3.70. The van der Waals surface area contributed by atoms with Gasteiger partial charge in [-0.05, 0) is 32.3 Å². The number of allylic oxidation sites excluding steroid dienone is 1. The fourth-order valence-corrected chi connectivity index (χ4v) is 2.95. The van der Waals surface area contributed by atoms with Crippen LogP contribution in [0.2, 0.25) is 0 Å². The summed E-state index contributed by atoms with van der Waals surface area (Å²) in [6, 6.07) is 1.42. The molecule has 0 amide bonds. The zero-order valence-corrected chi connectivity index (χ0v) is 9.66. The second-order valence-electron chi connectivity index (χ2n) is 4.64. The van der Waals surface area contributed by atoms with Crippen molar-refractivity contribution in [3.05, 3.63) is 11.8 Å². The van der Waals surface area contributed by atoms with Crippen molar-refractivity contribution in [3.63, 3.8) is 0 Å². The summed E-state index contributed by atoms with van der Waals surface area (Å²) in [6.07, 6.45) is 9.23. The van der Waals surface area contributed by atoms with Crippen molar-refractivity contribution >= 4 is 0 Å². The summed E-state index contributed by atoms with van der Waals surface area (Å²) in [5, 5.41) is 4.96. The molecule has 0 N–H and O–H groups in total. The molecule has 1 fully saturated rings. The molecule has 0 aromatic rings. The molecular formula is C12H22N2. The van der Waals surface area contributed by atoms with Crippen LogP contribution in [0.15, 0.2) is 11.8 Å². The van der Waals surface area contributed by atoms with E-state index in [0.717, 1.165) is 6.04 Å². The quantitative estimate of drug-likeness (QED) is 0.667. The summed E-state index contributed by atoms with van der Waals surface area (Å²) in [4.78, 5) is 0. The van der Waals surface area contributed by atoms with E-state index in [-0.39, 0.29) is 0 Å². The minimum absolute atomic E-state index is 0.635. The van der Waals surface area contributed by atoms with Crippen molar-refractivity contribution in [2.75, 3.05) is 7.05 Å². The Labute approximate surface area is 87.5 Å². The Kier molecular flexibility index (Phi) is 2.82. The Morgan fingerprint density at radius 1 is 1.36 bits per heavy atom. The van der Waals surface area contributed by atoms with Crippen LogP contribution in [0.5, 0.6) is 0 Å². The summed E-state index contributed by atoms with van der Waals surface area (Å²) in [6.45, 7) is 4.52. The van der Waals surface area contributed by atoms with Crippen LogP contribution in [0.25, 0.3) is 0 Å². The first kappa shape index (κ1) is 10.0. The van der Waals surface area contributed by atoms with Crippen molar-refractivity contribution in [3.8, 4) is 0 Å². The molecule has 2 aliphatic rings. The average molecular weight is 194 g/mol. The minimum Gasteiger partial charge on any atom is -0.307 e. The largest absolute Gasteiger partial charge is 0.307 e. The predicted molar refractivity (Wildman–Crippen MR) is 59.7 cm³/mol. The highest BCUT2D eigenvalue weighted by molar-refractivity contribution is 5.11. The van der Waals surface area contributed by atoms with Crippen molar-refractivity contribution in [2.45, 2.75) is 58.0 Å². The summed E-state index contributed by atoms with van der Waals surface area (Å²) >= 11 is 0. The van der Waals surface area contributed by atoms with E-state index in [4.69, 9.17) is 0 Å². The van der Waals surface area contributed by atoms with Crippen LogP contribution in [-0.4, -0.2) is 29.1 Å². The van der Waals surface area contributed by atoms with E-state index in [9.17, 15) is 0 Å². The monoisotopic (exact) mass is 194 g/mol. The molecule has 0 bridgehead atoms. The van der Waals surface area contributed by atoms with Crippen LogP contribution in [-0.2, 0) is 0 Å². The van der Waals surface area contributed by atoms with Gasteiger partial charge >= 0.3 is 0 Å². The molecule has 2 heteroatoms. The first-order valence-corrected chi connectivity index (χ1v) is 5.94. The Morgan fingerprint density at radius 2 is 2.00 bits per heavy atom. The third kappa shape index (κ3) is 1.56. The minimum atomic E-state index is 0.635. The zero-order chi connectivity index (χ0) is 10.1. The molecule has 1 atom stereocenters. The van der Waals surface area contributed by atoms with Gasteiger partial charge in [-0.2, -0.15) is 0 Å². The lowest BCUT2D eigenvalue weighted by atomic mass is 10.2. The zero-order valence-electron chi connectivity index (χ0n) is 9.66. The van der Waals surface area contributed by atoms with E-state index in [1.165, 1.54) is 37.8 Å². The normalized spacial score (nSPS) is 30.1. The third-order valence-corrected chi connectivity index (χ3v) is 3.70. The maximum atomic E-state index is 2.53. The highest BCUT2D eigenvalue weighted by atomic mass is 15.7. The first-order chi connectivity index (χ1) is 6.74.